The van der Waals surface area contributed by atoms with Crippen LogP contribution >= 0.6 is 0 Å². The van der Waals surface area contributed by atoms with Crippen molar-refractivity contribution in [3.8, 4) is 0 Å². The third kappa shape index (κ3) is 4.00. The van der Waals surface area contributed by atoms with Crippen molar-refractivity contribution >= 4 is 5.69 Å². The highest BCUT2D eigenvalue weighted by atomic mass is 16.5. The second-order valence-corrected chi connectivity index (χ2v) is 7.10. The summed E-state index contributed by atoms with van der Waals surface area (Å²) >= 11 is 0. The van der Waals surface area contributed by atoms with Crippen LogP contribution in [-0.4, -0.2) is 28.5 Å². The predicted octanol–water partition coefficient (Wildman–Crippen LogP) is 3.69. The molecule has 2 fully saturated rings. The maximum absolute atomic E-state index is 5.68. The van der Waals surface area contributed by atoms with E-state index < -0.39 is 0 Å². The summed E-state index contributed by atoms with van der Waals surface area (Å²) in [5.74, 6) is 1.68. The quantitative estimate of drug-likeness (QED) is 0.899. The van der Waals surface area contributed by atoms with E-state index in [1.54, 1.807) is 0 Å². The minimum absolute atomic E-state index is 0.359. The first kappa shape index (κ1) is 14.9. The van der Waals surface area contributed by atoms with Gasteiger partial charge in [0.1, 0.15) is 0 Å². The summed E-state index contributed by atoms with van der Waals surface area (Å²) in [6.07, 6.45) is 12.2. The summed E-state index contributed by atoms with van der Waals surface area (Å²) in [5.41, 5.74) is 1.17. The molecule has 0 spiro atoms. The summed E-state index contributed by atoms with van der Waals surface area (Å²) in [6.45, 7) is 6.51. The van der Waals surface area contributed by atoms with Crippen molar-refractivity contribution in [2.45, 2.75) is 71.1 Å². The van der Waals surface area contributed by atoms with Crippen molar-refractivity contribution in [2.24, 2.45) is 11.8 Å². The van der Waals surface area contributed by atoms with Crippen LogP contribution in [0.15, 0.2) is 12.4 Å². The zero-order valence-corrected chi connectivity index (χ0v) is 13.4. The van der Waals surface area contributed by atoms with Gasteiger partial charge in [-0.25, -0.2) is 0 Å². The highest BCUT2D eigenvalue weighted by Crippen LogP contribution is 2.31. The van der Waals surface area contributed by atoms with Gasteiger partial charge in [-0.1, -0.05) is 26.7 Å². The molecule has 3 atom stereocenters. The van der Waals surface area contributed by atoms with Gasteiger partial charge in [0.05, 0.1) is 24.5 Å². The average Bonchev–Trinajstić information content (AvgIpc) is 3.12. The predicted molar refractivity (Wildman–Crippen MR) is 85.4 cm³/mol. The second kappa shape index (κ2) is 6.82. The molecule has 1 N–H and O–H groups in total. The minimum atomic E-state index is 0.359. The monoisotopic (exact) mass is 291 g/mol. The van der Waals surface area contributed by atoms with E-state index in [0.717, 1.165) is 25.0 Å². The van der Waals surface area contributed by atoms with Gasteiger partial charge in [-0.3, -0.25) is 4.68 Å². The highest BCUT2D eigenvalue weighted by molar-refractivity contribution is 5.39. The molecule has 0 aromatic carbocycles. The first-order chi connectivity index (χ1) is 10.2. The Kier molecular flexibility index (Phi) is 4.84. The topological polar surface area (TPSA) is 39.1 Å². The van der Waals surface area contributed by atoms with E-state index in [4.69, 9.17) is 4.74 Å². The van der Waals surface area contributed by atoms with E-state index in [9.17, 15) is 0 Å². The minimum Gasteiger partial charge on any atom is -0.380 e. The lowest BCUT2D eigenvalue weighted by Crippen LogP contribution is -2.29. The smallest absolute Gasteiger partial charge is 0.0771 e. The Hall–Kier alpha value is -1.03. The molecule has 1 saturated carbocycles. The lowest BCUT2D eigenvalue weighted by atomic mass is 9.79. The Bertz CT molecular complexity index is 437. The molecular formula is C17H29N3O. The summed E-state index contributed by atoms with van der Waals surface area (Å²) in [4.78, 5) is 0. The molecule has 118 valence electrons. The van der Waals surface area contributed by atoms with Gasteiger partial charge in [-0.15, -0.1) is 0 Å². The van der Waals surface area contributed by atoms with Crippen molar-refractivity contribution in [3.63, 3.8) is 0 Å². The molecule has 0 bridgehead atoms. The van der Waals surface area contributed by atoms with Gasteiger partial charge in [0.15, 0.2) is 0 Å². The maximum atomic E-state index is 5.68. The summed E-state index contributed by atoms with van der Waals surface area (Å²) in [7, 11) is 0. The molecule has 1 aromatic rings. The van der Waals surface area contributed by atoms with Gasteiger partial charge >= 0.3 is 0 Å². The Morgan fingerprint density at radius 1 is 1.33 bits per heavy atom. The number of aromatic nitrogens is 2. The Morgan fingerprint density at radius 3 is 3.00 bits per heavy atom. The molecule has 0 radical (unpaired) electrons. The fourth-order valence-corrected chi connectivity index (χ4v) is 3.73. The normalized spacial score (nSPS) is 30.0. The molecule has 3 rings (SSSR count). The molecule has 1 aliphatic heterocycles. The van der Waals surface area contributed by atoms with Gasteiger partial charge in [-0.2, -0.15) is 5.10 Å². The molecule has 4 heteroatoms. The van der Waals surface area contributed by atoms with Gasteiger partial charge in [0.25, 0.3) is 0 Å². The SMILES string of the molecule is CC(C)C1CCCC(Nc2cnn(CC3CCCO3)c2)C1. The molecule has 2 aliphatic rings. The fourth-order valence-electron chi connectivity index (χ4n) is 3.73. The second-order valence-electron chi connectivity index (χ2n) is 7.10. The molecule has 4 nitrogen and oxygen atoms in total. The molecule has 21 heavy (non-hydrogen) atoms. The Balaban J connectivity index is 1.51. The van der Waals surface area contributed by atoms with Crippen LogP contribution in [0.4, 0.5) is 5.69 Å². The largest absolute Gasteiger partial charge is 0.380 e. The number of rotatable bonds is 5. The van der Waals surface area contributed by atoms with E-state index in [-0.39, 0.29) is 0 Å². The number of anilines is 1. The van der Waals surface area contributed by atoms with E-state index in [1.807, 2.05) is 10.9 Å². The van der Waals surface area contributed by atoms with E-state index in [0.29, 0.717) is 12.1 Å². The number of hydrogen-bond donors (Lipinski definition) is 1. The van der Waals surface area contributed by atoms with E-state index >= 15 is 0 Å². The molecule has 3 unspecified atom stereocenters. The maximum Gasteiger partial charge on any atom is 0.0771 e. The summed E-state index contributed by atoms with van der Waals surface area (Å²) < 4.78 is 7.70. The van der Waals surface area contributed by atoms with Crippen molar-refractivity contribution < 1.29 is 4.74 Å². The summed E-state index contributed by atoms with van der Waals surface area (Å²) in [6, 6.07) is 0.617. The van der Waals surface area contributed by atoms with Crippen LogP contribution in [0.3, 0.4) is 0 Å². The molecule has 1 aliphatic carbocycles. The van der Waals surface area contributed by atoms with Crippen LogP contribution < -0.4 is 5.32 Å². The molecular weight excluding hydrogens is 262 g/mol. The van der Waals surface area contributed by atoms with Crippen molar-refractivity contribution in [2.75, 3.05) is 11.9 Å². The third-order valence-corrected chi connectivity index (χ3v) is 5.08. The van der Waals surface area contributed by atoms with Crippen LogP contribution in [0.2, 0.25) is 0 Å². The van der Waals surface area contributed by atoms with Crippen LogP contribution in [-0.2, 0) is 11.3 Å². The molecule has 1 aromatic heterocycles. The van der Waals surface area contributed by atoms with Crippen molar-refractivity contribution in [3.05, 3.63) is 12.4 Å². The van der Waals surface area contributed by atoms with Crippen molar-refractivity contribution in [1.29, 1.82) is 0 Å². The lowest BCUT2D eigenvalue weighted by Gasteiger charge is -2.32. The lowest BCUT2D eigenvalue weighted by molar-refractivity contribution is 0.0940. The highest BCUT2D eigenvalue weighted by Gasteiger charge is 2.24. The van der Waals surface area contributed by atoms with Gasteiger partial charge in [0.2, 0.25) is 0 Å². The van der Waals surface area contributed by atoms with E-state index in [2.05, 4.69) is 30.5 Å². The zero-order valence-electron chi connectivity index (χ0n) is 13.4. The van der Waals surface area contributed by atoms with Gasteiger partial charge in [0, 0.05) is 18.8 Å². The average molecular weight is 291 g/mol. The number of nitrogens with zero attached hydrogens (tertiary/aromatic N) is 2. The first-order valence-corrected chi connectivity index (χ1v) is 8.61. The number of nitrogens with one attached hydrogen (secondary N) is 1. The third-order valence-electron chi connectivity index (χ3n) is 5.08. The van der Waals surface area contributed by atoms with Crippen LogP contribution in [0, 0.1) is 11.8 Å². The van der Waals surface area contributed by atoms with E-state index in [1.165, 1.54) is 44.2 Å². The van der Waals surface area contributed by atoms with Crippen LogP contribution in [0.5, 0.6) is 0 Å². The van der Waals surface area contributed by atoms with Gasteiger partial charge < -0.3 is 10.1 Å². The molecule has 2 heterocycles. The van der Waals surface area contributed by atoms with Gasteiger partial charge in [-0.05, 0) is 37.5 Å². The van der Waals surface area contributed by atoms with Crippen LogP contribution in [0.25, 0.3) is 0 Å². The fraction of sp³-hybridized carbons (Fsp3) is 0.824. The Labute approximate surface area is 128 Å². The number of hydrogen-bond acceptors (Lipinski definition) is 3. The molecule has 0 amide bonds. The Morgan fingerprint density at radius 2 is 2.24 bits per heavy atom. The summed E-state index contributed by atoms with van der Waals surface area (Å²) in [5, 5.41) is 8.16. The number of ether oxygens (including phenoxy) is 1. The van der Waals surface area contributed by atoms with Crippen LogP contribution in [0.1, 0.15) is 52.4 Å². The molecule has 1 saturated heterocycles. The standard InChI is InChI=1S/C17H29N3O/c1-13(2)14-5-3-6-15(9-14)19-16-10-18-20(11-16)12-17-7-4-8-21-17/h10-11,13-15,17,19H,3-9,12H2,1-2H3. The zero-order chi connectivity index (χ0) is 14.7. The van der Waals surface area contributed by atoms with Crippen molar-refractivity contribution in [1.82, 2.24) is 9.78 Å². The first-order valence-electron chi connectivity index (χ1n) is 8.61.